The maximum atomic E-state index is 12.8. The molecule has 0 bridgehead atoms. The van der Waals surface area contributed by atoms with Gasteiger partial charge in [0, 0.05) is 37.9 Å². The molecule has 7 nitrogen and oxygen atoms in total. The predicted octanol–water partition coefficient (Wildman–Crippen LogP) is 2.11. The van der Waals surface area contributed by atoms with Crippen molar-refractivity contribution >= 4 is 33.8 Å². The summed E-state index contributed by atoms with van der Waals surface area (Å²) in [5.74, 6) is -0.226. The summed E-state index contributed by atoms with van der Waals surface area (Å²) in [5.41, 5.74) is 2.34. The number of amides is 1. The molecule has 0 spiro atoms. The average Bonchev–Trinajstić information content (AvgIpc) is 3.23. The van der Waals surface area contributed by atoms with Crippen LogP contribution in [0.15, 0.2) is 36.7 Å². The van der Waals surface area contributed by atoms with Crippen molar-refractivity contribution in [3.8, 4) is 0 Å². The third kappa shape index (κ3) is 5.12. The van der Waals surface area contributed by atoms with Crippen LogP contribution >= 0.6 is 12.4 Å². The number of nitrogens with zero attached hydrogens (tertiary/aromatic N) is 2. The van der Waals surface area contributed by atoms with Gasteiger partial charge in [0.15, 0.2) is 9.84 Å². The van der Waals surface area contributed by atoms with E-state index in [1.165, 1.54) is 0 Å². The van der Waals surface area contributed by atoms with E-state index in [0.717, 1.165) is 12.1 Å². The summed E-state index contributed by atoms with van der Waals surface area (Å²) >= 11 is 0. The van der Waals surface area contributed by atoms with Gasteiger partial charge in [-0.05, 0) is 37.1 Å². The number of aromatic nitrogens is 2. The van der Waals surface area contributed by atoms with Gasteiger partial charge < -0.3 is 10.6 Å². The maximum absolute atomic E-state index is 12.8. The summed E-state index contributed by atoms with van der Waals surface area (Å²) in [5, 5.41) is 9.99. The molecule has 1 aliphatic heterocycles. The van der Waals surface area contributed by atoms with E-state index < -0.39 is 15.1 Å². The van der Waals surface area contributed by atoms with Gasteiger partial charge in [-0.15, -0.1) is 12.4 Å². The fraction of sp³-hybridized carbons (Fsp3) is 0.474. The van der Waals surface area contributed by atoms with Crippen LogP contribution in [0.25, 0.3) is 0 Å². The van der Waals surface area contributed by atoms with Gasteiger partial charge in [0.25, 0.3) is 0 Å². The zero-order valence-corrected chi connectivity index (χ0v) is 17.9. The third-order valence-electron chi connectivity index (χ3n) is 4.98. The smallest absolute Gasteiger partial charge is 0.229 e. The number of aryl methyl sites for hydroxylation is 1. The van der Waals surface area contributed by atoms with Crippen molar-refractivity contribution in [1.29, 1.82) is 0 Å². The lowest BCUT2D eigenvalue weighted by Crippen LogP contribution is -2.28. The van der Waals surface area contributed by atoms with Crippen LogP contribution in [0.1, 0.15) is 30.9 Å². The van der Waals surface area contributed by atoms with Crippen LogP contribution in [0.4, 0.5) is 5.69 Å². The van der Waals surface area contributed by atoms with E-state index in [1.54, 1.807) is 49.0 Å². The number of hydrogen-bond donors (Lipinski definition) is 2. The lowest BCUT2D eigenvalue weighted by atomic mass is 9.90. The quantitative estimate of drug-likeness (QED) is 0.737. The third-order valence-corrected chi connectivity index (χ3v) is 7.16. The van der Waals surface area contributed by atoms with Gasteiger partial charge in [0.2, 0.25) is 5.91 Å². The molecule has 154 valence electrons. The Bertz CT molecular complexity index is 927. The first-order valence-electron chi connectivity index (χ1n) is 9.07. The van der Waals surface area contributed by atoms with Crippen molar-refractivity contribution in [2.45, 2.75) is 30.8 Å². The van der Waals surface area contributed by atoms with Gasteiger partial charge in [-0.2, -0.15) is 5.10 Å². The normalized spacial score (nSPS) is 19.4. The minimum absolute atomic E-state index is 0. The molecule has 9 heteroatoms. The molecular weight excluding hydrogens is 400 g/mol. The Morgan fingerprint density at radius 1 is 1.36 bits per heavy atom. The van der Waals surface area contributed by atoms with Crippen molar-refractivity contribution in [2.75, 3.05) is 18.4 Å². The predicted molar refractivity (Wildman–Crippen MR) is 112 cm³/mol. The molecule has 28 heavy (non-hydrogen) atoms. The number of benzene rings is 1. The first kappa shape index (κ1) is 22.4. The summed E-state index contributed by atoms with van der Waals surface area (Å²) in [6, 6.07) is 7.06. The number of anilines is 1. The highest BCUT2D eigenvalue weighted by molar-refractivity contribution is 7.91. The molecule has 1 amide bonds. The average molecular weight is 427 g/mol. The fourth-order valence-electron chi connectivity index (χ4n) is 3.31. The number of carbonyl (C=O) groups is 1. The van der Waals surface area contributed by atoms with Gasteiger partial charge >= 0.3 is 0 Å². The molecule has 1 aromatic carbocycles. The summed E-state index contributed by atoms with van der Waals surface area (Å²) in [6.45, 7) is 4.68. The van der Waals surface area contributed by atoms with E-state index in [2.05, 4.69) is 15.7 Å². The maximum Gasteiger partial charge on any atom is 0.229 e. The van der Waals surface area contributed by atoms with E-state index in [-0.39, 0.29) is 35.9 Å². The number of halogens is 1. The molecule has 1 saturated heterocycles. The molecule has 1 aliphatic rings. The molecule has 0 radical (unpaired) electrons. The van der Waals surface area contributed by atoms with Crippen molar-refractivity contribution < 1.29 is 13.2 Å². The van der Waals surface area contributed by atoms with Gasteiger partial charge in [0.05, 0.1) is 23.1 Å². The summed E-state index contributed by atoms with van der Waals surface area (Å²) in [7, 11) is -1.33. The minimum atomic E-state index is -3.19. The number of sulfone groups is 1. The van der Waals surface area contributed by atoms with E-state index in [4.69, 9.17) is 0 Å². The standard InChI is InChI=1S/C19H26N4O3S.ClH/c1-13(2)27(25,26)12-14-5-4-6-16(7-14)22-19(24)18-10-20-9-17(18)15-8-21-23(3)11-15;/h4-8,11,13,17-18,20H,9-10,12H2,1-3H3,(H,22,24);1H/t17-,18+;/m1./s1. The van der Waals surface area contributed by atoms with Crippen LogP contribution in [-0.2, 0) is 27.4 Å². The minimum Gasteiger partial charge on any atom is -0.326 e. The van der Waals surface area contributed by atoms with Gasteiger partial charge in [-0.25, -0.2) is 8.42 Å². The van der Waals surface area contributed by atoms with Gasteiger partial charge in [0.1, 0.15) is 0 Å². The molecule has 1 fully saturated rings. The van der Waals surface area contributed by atoms with Gasteiger partial charge in [-0.3, -0.25) is 9.48 Å². The van der Waals surface area contributed by atoms with Crippen molar-refractivity contribution in [3.63, 3.8) is 0 Å². The topological polar surface area (TPSA) is 93.1 Å². The largest absolute Gasteiger partial charge is 0.326 e. The Morgan fingerprint density at radius 3 is 2.75 bits per heavy atom. The van der Waals surface area contributed by atoms with E-state index in [0.29, 0.717) is 17.8 Å². The van der Waals surface area contributed by atoms with Crippen LogP contribution in [0, 0.1) is 5.92 Å². The first-order valence-corrected chi connectivity index (χ1v) is 10.8. The lowest BCUT2D eigenvalue weighted by molar-refractivity contribution is -0.119. The van der Waals surface area contributed by atoms with Crippen LogP contribution in [0.2, 0.25) is 0 Å². The molecule has 0 saturated carbocycles. The Morgan fingerprint density at radius 2 is 2.11 bits per heavy atom. The van der Waals surface area contributed by atoms with E-state index in [1.807, 2.05) is 13.2 Å². The van der Waals surface area contributed by atoms with Crippen molar-refractivity contribution in [3.05, 3.63) is 47.8 Å². The number of hydrogen-bond acceptors (Lipinski definition) is 5. The molecule has 0 unspecified atom stereocenters. The molecule has 1 aromatic heterocycles. The van der Waals surface area contributed by atoms with Crippen LogP contribution in [-0.4, -0.2) is 42.4 Å². The molecule has 2 atom stereocenters. The number of carbonyl (C=O) groups excluding carboxylic acids is 1. The van der Waals surface area contributed by atoms with E-state index >= 15 is 0 Å². The highest BCUT2D eigenvalue weighted by atomic mass is 35.5. The molecule has 2 aromatic rings. The second-order valence-corrected chi connectivity index (χ2v) is 9.92. The van der Waals surface area contributed by atoms with Gasteiger partial charge in [-0.1, -0.05) is 12.1 Å². The zero-order valence-electron chi connectivity index (χ0n) is 16.3. The number of nitrogens with one attached hydrogen (secondary N) is 2. The summed E-state index contributed by atoms with van der Waals surface area (Å²) < 4.78 is 26.0. The van der Waals surface area contributed by atoms with Crippen molar-refractivity contribution in [2.24, 2.45) is 13.0 Å². The monoisotopic (exact) mass is 426 g/mol. The highest BCUT2D eigenvalue weighted by Gasteiger charge is 2.34. The first-order chi connectivity index (χ1) is 12.8. The van der Waals surface area contributed by atoms with Crippen LogP contribution in [0.3, 0.4) is 0 Å². The van der Waals surface area contributed by atoms with Crippen LogP contribution < -0.4 is 10.6 Å². The molecule has 2 heterocycles. The summed E-state index contributed by atoms with van der Waals surface area (Å²) in [6.07, 6.45) is 3.74. The summed E-state index contributed by atoms with van der Waals surface area (Å²) in [4.78, 5) is 12.8. The number of rotatable bonds is 6. The Balaban J connectivity index is 0.00000280. The second kappa shape index (κ2) is 9.07. The molecule has 0 aliphatic carbocycles. The fourth-order valence-corrected chi connectivity index (χ4v) is 4.29. The van der Waals surface area contributed by atoms with Crippen LogP contribution in [0.5, 0.6) is 0 Å². The zero-order chi connectivity index (χ0) is 19.6. The van der Waals surface area contributed by atoms with Crippen molar-refractivity contribution in [1.82, 2.24) is 15.1 Å². The second-order valence-electron chi connectivity index (χ2n) is 7.36. The Labute approximate surface area is 172 Å². The van der Waals surface area contributed by atoms with E-state index in [9.17, 15) is 13.2 Å². The lowest BCUT2D eigenvalue weighted by Gasteiger charge is -2.17. The highest BCUT2D eigenvalue weighted by Crippen LogP contribution is 2.29. The SMILES string of the molecule is CC(C)S(=O)(=O)Cc1cccc(NC(=O)[C@H]2CNC[C@@H]2c2cnn(C)c2)c1.Cl. The Kier molecular flexibility index (Phi) is 7.25. The molecule has 3 rings (SSSR count). The molecular formula is C19H27ClN4O3S. The molecule has 2 N–H and O–H groups in total. The Hall–Kier alpha value is -1.90.